The lowest BCUT2D eigenvalue weighted by Crippen LogP contribution is -1.93. The number of carbonyl (C=O) groups is 1. The standard InChI is InChI=1S/C19H14Cl2N2OS/c1-12-18(17(24)11-4-13-2-5-14(20)6-3-13)25-19(22-12)23-16-9-7-15(21)8-10-16/h2-11H,1H3,(H,22,23)/b11-4+. The SMILES string of the molecule is Cc1nc(Nc2ccc(Cl)cc2)sc1C(=O)/C=C/c1ccc(Cl)cc1. The molecule has 0 aliphatic heterocycles. The zero-order chi connectivity index (χ0) is 17.8. The summed E-state index contributed by atoms with van der Waals surface area (Å²) >= 11 is 13.1. The molecule has 0 saturated heterocycles. The van der Waals surface area contributed by atoms with Crippen LogP contribution >= 0.6 is 34.5 Å². The number of allylic oxidation sites excluding steroid dienone is 1. The Morgan fingerprint density at radius 2 is 1.64 bits per heavy atom. The van der Waals surface area contributed by atoms with Crippen molar-refractivity contribution in [1.82, 2.24) is 4.98 Å². The van der Waals surface area contributed by atoms with E-state index in [0.717, 1.165) is 11.3 Å². The summed E-state index contributed by atoms with van der Waals surface area (Å²) in [5.41, 5.74) is 2.49. The zero-order valence-electron chi connectivity index (χ0n) is 13.3. The number of rotatable bonds is 5. The Hall–Kier alpha value is -2.14. The largest absolute Gasteiger partial charge is 0.332 e. The fourth-order valence-electron chi connectivity index (χ4n) is 2.16. The highest BCUT2D eigenvalue weighted by atomic mass is 35.5. The van der Waals surface area contributed by atoms with Crippen LogP contribution in [0, 0.1) is 6.92 Å². The van der Waals surface area contributed by atoms with Gasteiger partial charge in [0.2, 0.25) is 0 Å². The van der Waals surface area contributed by atoms with Gasteiger partial charge in [0.25, 0.3) is 0 Å². The molecule has 1 heterocycles. The summed E-state index contributed by atoms with van der Waals surface area (Å²) in [5, 5.41) is 5.19. The summed E-state index contributed by atoms with van der Waals surface area (Å²) in [6, 6.07) is 14.6. The minimum absolute atomic E-state index is 0.0749. The number of ketones is 1. The first-order valence-electron chi connectivity index (χ1n) is 7.49. The number of aromatic nitrogens is 1. The minimum Gasteiger partial charge on any atom is -0.332 e. The molecule has 2 aromatic carbocycles. The third kappa shape index (κ3) is 4.69. The van der Waals surface area contributed by atoms with Crippen LogP contribution in [0.5, 0.6) is 0 Å². The van der Waals surface area contributed by atoms with Gasteiger partial charge in [-0.1, -0.05) is 52.7 Å². The Balaban J connectivity index is 1.73. The number of aryl methyl sites for hydroxylation is 1. The molecule has 126 valence electrons. The summed E-state index contributed by atoms with van der Waals surface area (Å²) in [6.07, 6.45) is 3.32. The van der Waals surface area contributed by atoms with Crippen molar-refractivity contribution < 1.29 is 4.79 Å². The van der Waals surface area contributed by atoms with E-state index in [-0.39, 0.29) is 5.78 Å². The van der Waals surface area contributed by atoms with E-state index in [4.69, 9.17) is 23.2 Å². The van der Waals surface area contributed by atoms with E-state index in [1.807, 2.05) is 31.2 Å². The lowest BCUT2D eigenvalue weighted by atomic mass is 10.2. The number of nitrogens with zero attached hydrogens (tertiary/aromatic N) is 1. The van der Waals surface area contributed by atoms with Gasteiger partial charge in [-0.25, -0.2) is 4.98 Å². The molecule has 25 heavy (non-hydrogen) atoms. The van der Waals surface area contributed by atoms with Gasteiger partial charge < -0.3 is 5.32 Å². The Morgan fingerprint density at radius 1 is 1.04 bits per heavy atom. The van der Waals surface area contributed by atoms with Crippen LogP contribution in [0.1, 0.15) is 20.9 Å². The van der Waals surface area contributed by atoms with Gasteiger partial charge in [-0.15, -0.1) is 0 Å². The number of hydrogen-bond acceptors (Lipinski definition) is 4. The summed E-state index contributed by atoms with van der Waals surface area (Å²) in [6.45, 7) is 1.83. The van der Waals surface area contributed by atoms with Gasteiger partial charge in [0.05, 0.1) is 10.6 Å². The van der Waals surface area contributed by atoms with Gasteiger partial charge in [-0.05, 0) is 55.0 Å². The predicted octanol–water partition coefficient (Wildman–Crippen LogP) is 6.40. The third-order valence-corrected chi connectivity index (χ3v) is 5.00. The number of hydrogen-bond donors (Lipinski definition) is 1. The first-order valence-corrected chi connectivity index (χ1v) is 9.06. The highest BCUT2D eigenvalue weighted by Gasteiger charge is 2.13. The molecule has 0 saturated carbocycles. The fourth-order valence-corrected chi connectivity index (χ4v) is 3.32. The van der Waals surface area contributed by atoms with Crippen molar-refractivity contribution in [1.29, 1.82) is 0 Å². The van der Waals surface area contributed by atoms with Crippen LogP contribution in [0.4, 0.5) is 10.8 Å². The molecule has 0 amide bonds. The number of anilines is 2. The van der Waals surface area contributed by atoms with Crippen molar-refractivity contribution in [3.05, 3.63) is 80.8 Å². The number of halogens is 2. The zero-order valence-corrected chi connectivity index (χ0v) is 15.6. The van der Waals surface area contributed by atoms with Crippen molar-refractivity contribution in [3.8, 4) is 0 Å². The van der Waals surface area contributed by atoms with E-state index in [1.165, 1.54) is 11.3 Å². The van der Waals surface area contributed by atoms with Crippen LogP contribution in [0.3, 0.4) is 0 Å². The average Bonchev–Trinajstić information content (AvgIpc) is 2.96. The first-order chi connectivity index (χ1) is 12.0. The predicted molar refractivity (Wildman–Crippen MR) is 106 cm³/mol. The van der Waals surface area contributed by atoms with Gasteiger partial charge >= 0.3 is 0 Å². The van der Waals surface area contributed by atoms with Crippen LogP contribution in [0.15, 0.2) is 54.6 Å². The minimum atomic E-state index is -0.0749. The van der Waals surface area contributed by atoms with Gasteiger partial charge in [-0.2, -0.15) is 0 Å². The smallest absolute Gasteiger partial charge is 0.197 e. The number of nitrogens with one attached hydrogen (secondary N) is 1. The topological polar surface area (TPSA) is 42.0 Å². The molecule has 0 atom stereocenters. The second kappa shape index (κ2) is 7.83. The maximum absolute atomic E-state index is 12.4. The molecule has 1 aromatic heterocycles. The van der Waals surface area contributed by atoms with E-state index < -0.39 is 0 Å². The molecule has 0 bridgehead atoms. The Morgan fingerprint density at radius 3 is 2.28 bits per heavy atom. The molecule has 0 radical (unpaired) electrons. The quantitative estimate of drug-likeness (QED) is 0.406. The van der Waals surface area contributed by atoms with E-state index in [1.54, 1.807) is 36.4 Å². The Labute approximate surface area is 159 Å². The summed E-state index contributed by atoms with van der Waals surface area (Å²) in [4.78, 5) is 17.5. The third-order valence-electron chi connectivity index (χ3n) is 3.41. The average molecular weight is 389 g/mol. The maximum atomic E-state index is 12.4. The fraction of sp³-hybridized carbons (Fsp3) is 0.0526. The number of thiazole rings is 1. The number of carbonyl (C=O) groups excluding carboxylic acids is 1. The summed E-state index contributed by atoms with van der Waals surface area (Å²) < 4.78 is 0. The van der Waals surface area contributed by atoms with Crippen LogP contribution < -0.4 is 5.32 Å². The van der Waals surface area contributed by atoms with Gasteiger partial charge in [0.15, 0.2) is 10.9 Å². The highest BCUT2D eigenvalue weighted by Crippen LogP contribution is 2.27. The van der Waals surface area contributed by atoms with Crippen LogP contribution in [-0.4, -0.2) is 10.8 Å². The molecule has 0 fully saturated rings. The normalized spacial score (nSPS) is 11.0. The molecule has 6 heteroatoms. The molecule has 0 spiro atoms. The van der Waals surface area contributed by atoms with Crippen molar-refractivity contribution in [2.75, 3.05) is 5.32 Å². The van der Waals surface area contributed by atoms with Crippen LogP contribution in [-0.2, 0) is 0 Å². The van der Waals surface area contributed by atoms with E-state index in [2.05, 4.69) is 10.3 Å². The molecule has 3 aromatic rings. The highest BCUT2D eigenvalue weighted by molar-refractivity contribution is 7.17. The van der Waals surface area contributed by atoms with Crippen LogP contribution in [0.2, 0.25) is 10.0 Å². The maximum Gasteiger partial charge on any atom is 0.197 e. The molecule has 0 aliphatic rings. The molecule has 3 rings (SSSR count). The molecule has 3 nitrogen and oxygen atoms in total. The molecule has 0 aliphatic carbocycles. The summed E-state index contributed by atoms with van der Waals surface area (Å²) in [5.74, 6) is -0.0749. The van der Waals surface area contributed by atoms with E-state index >= 15 is 0 Å². The molecule has 0 unspecified atom stereocenters. The van der Waals surface area contributed by atoms with E-state index in [0.29, 0.717) is 25.7 Å². The van der Waals surface area contributed by atoms with E-state index in [9.17, 15) is 4.79 Å². The first kappa shape index (κ1) is 17.7. The lowest BCUT2D eigenvalue weighted by molar-refractivity contribution is 0.105. The van der Waals surface area contributed by atoms with Crippen molar-refractivity contribution in [2.24, 2.45) is 0 Å². The van der Waals surface area contributed by atoms with Gasteiger partial charge in [0, 0.05) is 15.7 Å². The Bertz CT molecular complexity index is 916. The second-order valence-electron chi connectivity index (χ2n) is 5.31. The van der Waals surface area contributed by atoms with Crippen molar-refractivity contribution in [2.45, 2.75) is 6.92 Å². The second-order valence-corrected chi connectivity index (χ2v) is 7.19. The molecular weight excluding hydrogens is 375 g/mol. The molecule has 1 N–H and O–H groups in total. The lowest BCUT2D eigenvalue weighted by Gasteiger charge is -2.01. The Kier molecular flexibility index (Phi) is 5.53. The number of benzene rings is 2. The molecular formula is C19H14Cl2N2OS. The van der Waals surface area contributed by atoms with Crippen LogP contribution in [0.25, 0.3) is 6.08 Å². The van der Waals surface area contributed by atoms with Gasteiger partial charge in [-0.3, -0.25) is 4.79 Å². The monoisotopic (exact) mass is 388 g/mol. The summed E-state index contributed by atoms with van der Waals surface area (Å²) in [7, 11) is 0. The van der Waals surface area contributed by atoms with Gasteiger partial charge in [0.1, 0.15) is 0 Å². The van der Waals surface area contributed by atoms with Crippen molar-refractivity contribution >= 4 is 57.2 Å². The van der Waals surface area contributed by atoms with Crippen molar-refractivity contribution in [3.63, 3.8) is 0 Å².